The molecular formula is C22H23NO10. The minimum absolute atomic E-state index is 0.126. The summed E-state index contributed by atoms with van der Waals surface area (Å²) in [7, 11) is 3.92. The van der Waals surface area contributed by atoms with Crippen molar-refractivity contribution in [1.29, 1.82) is 0 Å². The molecule has 1 unspecified atom stereocenters. The lowest BCUT2D eigenvalue weighted by Gasteiger charge is -2.29. The number of carbonyl (C=O) groups is 5. The predicted octanol–water partition coefficient (Wildman–Crippen LogP) is 0.197. The van der Waals surface area contributed by atoms with Crippen molar-refractivity contribution in [2.75, 3.05) is 35.2 Å². The zero-order chi connectivity index (χ0) is 24.9. The average molecular weight is 461 g/mol. The van der Waals surface area contributed by atoms with Gasteiger partial charge in [-0.25, -0.2) is 14.4 Å². The van der Waals surface area contributed by atoms with E-state index in [-0.39, 0.29) is 11.1 Å². The van der Waals surface area contributed by atoms with Gasteiger partial charge in [-0.05, 0) is 12.5 Å². The molecule has 1 aliphatic carbocycles. The van der Waals surface area contributed by atoms with Gasteiger partial charge in [-0.1, -0.05) is 29.8 Å². The van der Waals surface area contributed by atoms with E-state index >= 15 is 0 Å². The number of methoxy groups -OCH3 is 4. The van der Waals surface area contributed by atoms with Crippen molar-refractivity contribution in [1.82, 2.24) is 0 Å². The molecule has 1 aliphatic rings. The largest absolute Gasteiger partial charge is 0.468 e. The third-order valence-corrected chi connectivity index (χ3v) is 5.02. The summed E-state index contributed by atoms with van der Waals surface area (Å²) in [5.41, 5.74) is 1.09. The second-order valence-electron chi connectivity index (χ2n) is 6.68. The second-order valence-corrected chi connectivity index (χ2v) is 6.68. The van der Waals surface area contributed by atoms with Crippen molar-refractivity contribution in [3.8, 4) is 0 Å². The van der Waals surface area contributed by atoms with Gasteiger partial charge < -0.3 is 23.7 Å². The zero-order valence-electron chi connectivity index (χ0n) is 18.7. The molecule has 33 heavy (non-hydrogen) atoms. The molecular weight excluding hydrogens is 438 g/mol. The molecule has 0 fully saturated rings. The third-order valence-electron chi connectivity index (χ3n) is 5.02. The van der Waals surface area contributed by atoms with E-state index in [0.717, 1.165) is 34.0 Å². The number of ether oxygens (including phenoxy) is 5. The smallest absolute Gasteiger partial charge is 0.339 e. The maximum absolute atomic E-state index is 13.4. The summed E-state index contributed by atoms with van der Waals surface area (Å²) in [6, 6.07) is 6.22. The van der Waals surface area contributed by atoms with Crippen LogP contribution in [0.5, 0.6) is 0 Å². The van der Waals surface area contributed by atoms with E-state index in [9.17, 15) is 24.0 Å². The molecule has 0 radical (unpaired) electrons. The first-order valence-electron chi connectivity index (χ1n) is 9.44. The topological polar surface area (TPSA) is 158 Å². The minimum Gasteiger partial charge on any atom is -0.468 e. The van der Waals surface area contributed by atoms with Gasteiger partial charge in [-0.2, -0.15) is 0 Å². The molecule has 1 atom stereocenters. The number of hydrogen-bond donors (Lipinski definition) is 1. The number of aryl methyl sites for hydroxylation is 1. The van der Waals surface area contributed by atoms with Gasteiger partial charge >= 0.3 is 29.8 Å². The molecule has 0 aromatic heterocycles. The monoisotopic (exact) mass is 461 g/mol. The molecule has 1 aromatic carbocycles. The molecule has 0 saturated carbocycles. The highest BCUT2D eigenvalue weighted by atomic mass is 16.6. The molecule has 11 heteroatoms. The fourth-order valence-electron chi connectivity index (χ4n) is 3.63. The summed E-state index contributed by atoms with van der Waals surface area (Å²) < 4.78 is 24.2. The van der Waals surface area contributed by atoms with Crippen LogP contribution in [0.25, 0.3) is 5.57 Å². The highest BCUT2D eigenvalue weighted by Crippen LogP contribution is 2.54. The fraction of sp³-hybridized carbons (Fsp3) is 0.318. The molecule has 176 valence electrons. The summed E-state index contributed by atoms with van der Waals surface area (Å²) in [4.78, 5) is 65.4. The number of nitrogens with two attached hydrogens (primary N) is 1. The fourth-order valence-corrected chi connectivity index (χ4v) is 3.63. The van der Waals surface area contributed by atoms with E-state index in [1.165, 1.54) is 12.1 Å². The number of esters is 5. The predicted molar refractivity (Wildman–Crippen MR) is 111 cm³/mol. The Morgan fingerprint density at radius 2 is 1.27 bits per heavy atom. The number of benzene rings is 1. The van der Waals surface area contributed by atoms with Gasteiger partial charge in [0, 0.05) is 5.57 Å². The Balaban J connectivity index is 3.24. The van der Waals surface area contributed by atoms with Crippen molar-refractivity contribution in [2.45, 2.75) is 6.92 Å². The van der Waals surface area contributed by atoms with Crippen LogP contribution in [0.3, 0.4) is 0 Å². The molecule has 0 heterocycles. The zero-order valence-corrected chi connectivity index (χ0v) is 18.7. The lowest BCUT2D eigenvalue weighted by molar-refractivity contribution is -0.165. The SMILES string of the molecule is COC(=O)C1=C(C(=O)OC)C(C(=O)OC)(C(=O)OCN)C(c2ccc(C)cc2)=C1C(=O)OC. The maximum Gasteiger partial charge on any atom is 0.339 e. The number of carbonyl (C=O) groups excluding carboxylic acids is 5. The normalized spacial score (nSPS) is 17.4. The van der Waals surface area contributed by atoms with Crippen molar-refractivity contribution < 1.29 is 47.7 Å². The van der Waals surface area contributed by atoms with Crippen LogP contribution in [0.1, 0.15) is 11.1 Å². The van der Waals surface area contributed by atoms with E-state index < -0.39 is 58.7 Å². The minimum atomic E-state index is -2.75. The van der Waals surface area contributed by atoms with Crippen LogP contribution in [-0.4, -0.2) is 65.0 Å². The summed E-state index contributed by atoms with van der Waals surface area (Å²) in [5, 5.41) is 0. The Bertz CT molecular complexity index is 1070. The van der Waals surface area contributed by atoms with Crippen molar-refractivity contribution in [2.24, 2.45) is 11.1 Å². The third kappa shape index (κ3) is 3.98. The highest BCUT2D eigenvalue weighted by Gasteiger charge is 2.65. The first kappa shape index (κ1) is 25.3. The molecule has 2 N–H and O–H groups in total. The summed E-state index contributed by atoms with van der Waals surface area (Å²) >= 11 is 0. The molecule has 0 bridgehead atoms. The van der Waals surface area contributed by atoms with E-state index in [1.807, 2.05) is 0 Å². The summed E-state index contributed by atoms with van der Waals surface area (Å²) in [6.45, 7) is 1.09. The van der Waals surface area contributed by atoms with Crippen LogP contribution < -0.4 is 5.73 Å². The van der Waals surface area contributed by atoms with Crippen molar-refractivity contribution in [3.05, 3.63) is 52.1 Å². The van der Waals surface area contributed by atoms with Gasteiger partial charge in [-0.3, -0.25) is 15.3 Å². The first-order valence-corrected chi connectivity index (χ1v) is 9.44. The Morgan fingerprint density at radius 3 is 1.73 bits per heavy atom. The van der Waals surface area contributed by atoms with E-state index in [0.29, 0.717) is 0 Å². The maximum atomic E-state index is 13.4. The molecule has 0 aliphatic heterocycles. The van der Waals surface area contributed by atoms with Crippen molar-refractivity contribution in [3.63, 3.8) is 0 Å². The molecule has 2 rings (SSSR count). The van der Waals surface area contributed by atoms with Gasteiger partial charge in [0.2, 0.25) is 5.41 Å². The molecule has 0 amide bonds. The van der Waals surface area contributed by atoms with E-state index in [1.54, 1.807) is 19.1 Å². The number of rotatable bonds is 7. The van der Waals surface area contributed by atoms with Crippen LogP contribution in [-0.2, 0) is 47.7 Å². The average Bonchev–Trinajstić information content (AvgIpc) is 3.15. The number of hydrogen-bond acceptors (Lipinski definition) is 11. The first-order chi connectivity index (χ1) is 15.7. The Labute approximate surface area is 189 Å². The van der Waals surface area contributed by atoms with Crippen LogP contribution in [0, 0.1) is 12.3 Å². The lowest BCUT2D eigenvalue weighted by atomic mass is 9.73. The van der Waals surface area contributed by atoms with Gasteiger partial charge in [-0.15, -0.1) is 0 Å². The standard InChI is InChI=1S/C22H23NO10/c1-11-6-8-12(9-7-11)15-13(17(24)29-2)14(18(25)30-3)16(19(26)31-4)22(15,20(27)32-5)21(28)33-10-23/h6-9H,10,23H2,1-5H3. The Hall–Kier alpha value is -3.99. The quantitative estimate of drug-likeness (QED) is 0.256. The Kier molecular flexibility index (Phi) is 7.72. The Morgan fingerprint density at radius 1 is 0.758 bits per heavy atom. The second kappa shape index (κ2) is 10.1. The van der Waals surface area contributed by atoms with E-state index in [4.69, 9.17) is 29.4 Å². The lowest BCUT2D eigenvalue weighted by Crippen LogP contribution is -2.46. The molecule has 1 aromatic rings. The highest BCUT2D eigenvalue weighted by molar-refractivity contribution is 6.32. The van der Waals surface area contributed by atoms with Crippen molar-refractivity contribution >= 4 is 35.4 Å². The van der Waals surface area contributed by atoms with Gasteiger partial charge in [0.15, 0.2) is 0 Å². The van der Waals surface area contributed by atoms with Crippen LogP contribution in [0.4, 0.5) is 0 Å². The van der Waals surface area contributed by atoms with Gasteiger partial charge in [0.1, 0.15) is 6.73 Å². The molecule has 11 nitrogen and oxygen atoms in total. The van der Waals surface area contributed by atoms with Crippen LogP contribution in [0.15, 0.2) is 41.0 Å². The van der Waals surface area contributed by atoms with Gasteiger partial charge in [0.05, 0.1) is 45.2 Å². The molecule has 0 saturated heterocycles. The summed E-state index contributed by atoms with van der Waals surface area (Å²) in [6.07, 6.45) is 0. The summed E-state index contributed by atoms with van der Waals surface area (Å²) in [5.74, 6) is -6.30. The molecule has 0 spiro atoms. The van der Waals surface area contributed by atoms with E-state index in [2.05, 4.69) is 0 Å². The van der Waals surface area contributed by atoms with Crippen LogP contribution >= 0.6 is 0 Å². The van der Waals surface area contributed by atoms with Crippen LogP contribution in [0.2, 0.25) is 0 Å². The van der Waals surface area contributed by atoms with Gasteiger partial charge in [0.25, 0.3) is 0 Å².